The predicted octanol–water partition coefficient (Wildman–Crippen LogP) is 0.271. The van der Waals surface area contributed by atoms with Gasteiger partial charge in [0.15, 0.2) is 0 Å². The Balaban J connectivity index is 2.15. The van der Waals surface area contributed by atoms with E-state index in [-0.39, 0.29) is 0 Å². The van der Waals surface area contributed by atoms with Gasteiger partial charge in [-0.25, -0.2) is 0 Å². The number of rotatable bonds is 0. The van der Waals surface area contributed by atoms with Crippen LogP contribution in [-0.2, 0) is 0 Å². The third-order valence-electron chi connectivity index (χ3n) is 2.06. The third kappa shape index (κ3) is 1.71. The lowest BCUT2D eigenvalue weighted by molar-refractivity contribution is 0.546. The highest BCUT2D eigenvalue weighted by atomic mass is 79.9. The van der Waals surface area contributed by atoms with Crippen LogP contribution in [0.5, 0.6) is 0 Å². The van der Waals surface area contributed by atoms with Crippen LogP contribution in [0.3, 0.4) is 0 Å². The van der Waals surface area contributed by atoms with Crippen LogP contribution < -0.4 is 16.0 Å². The van der Waals surface area contributed by atoms with Crippen molar-refractivity contribution < 1.29 is 0 Å². The fourth-order valence-corrected chi connectivity index (χ4v) is 1.88. The van der Waals surface area contributed by atoms with Gasteiger partial charge in [-0.05, 0) is 27.6 Å². The molecular weight excluding hydrogens is 218 g/mol. The Morgan fingerprint density at radius 2 is 2.33 bits per heavy atom. The first-order valence-corrected chi connectivity index (χ1v) is 4.92. The number of hydrogen-bond acceptors (Lipinski definition) is 3. The summed E-state index contributed by atoms with van der Waals surface area (Å²) in [5.41, 5.74) is 1.36. The summed E-state index contributed by atoms with van der Waals surface area (Å²) in [6.45, 7) is 3.02. The Kier molecular flexibility index (Phi) is 2.48. The van der Waals surface area contributed by atoms with E-state index in [1.807, 2.05) is 6.20 Å². The molecule has 1 saturated heterocycles. The minimum atomic E-state index is 0.321. The lowest BCUT2D eigenvalue weighted by atomic mass is 10.1. The van der Waals surface area contributed by atoms with Crippen LogP contribution in [0.2, 0.25) is 0 Å². The number of nitrogens with one attached hydrogen (secondary N) is 3. The van der Waals surface area contributed by atoms with Gasteiger partial charge >= 0.3 is 0 Å². The van der Waals surface area contributed by atoms with Crippen LogP contribution in [-0.4, -0.2) is 25.8 Å². The molecule has 1 fully saturated rings. The van der Waals surface area contributed by atoms with E-state index in [4.69, 9.17) is 0 Å². The maximum Gasteiger partial charge on any atom is 0.100 e. The van der Waals surface area contributed by atoms with Crippen LogP contribution in [0.15, 0.2) is 22.3 Å². The van der Waals surface area contributed by atoms with Gasteiger partial charge in [-0.1, -0.05) is 0 Å². The first kappa shape index (κ1) is 8.29. The molecule has 2 aliphatic rings. The summed E-state index contributed by atoms with van der Waals surface area (Å²) in [6.07, 6.45) is 4.46. The van der Waals surface area contributed by atoms with Crippen molar-refractivity contribution in [3.8, 4) is 0 Å². The van der Waals surface area contributed by atoms with Crippen LogP contribution in [0.25, 0.3) is 0 Å². The molecule has 0 amide bonds. The van der Waals surface area contributed by atoms with Crippen LogP contribution in [0.1, 0.15) is 0 Å². The fraction of sp³-hybridized carbons (Fsp3) is 0.500. The molecule has 0 spiro atoms. The number of halogens is 1. The topological polar surface area (TPSA) is 36.1 Å². The second kappa shape index (κ2) is 3.60. The Bertz CT molecular complexity index is 234. The van der Waals surface area contributed by atoms with Crippen molar-refractivity contribution in [2.24, 2.45) is 0 Å². The van der Waals surface area contributed by atoms with Gasteiger partial charge in [0.05, 0.1) is 0 Å². The Labute approximate surface area is 80.4 Å². The maximum absolute atomic E-state index is 3.44. The van der Waals surface area contributed by atoms with Gasteiger partial charge in [0, 0.05) is 30.3 Å². The molecule has 12 heavy (non-hydrogen) atoms. The van der Waals surface area contributed by atoms with Gasteiger partial charge in [0.25, 0.3) is 0 Å². The van der Waals surface area contributed by atoms with Gasteiger partial charge in [-0.2, -0.15) is 0 Å². The van der Waals surface area contributed by atoms with Crippen molar-refractivity contribution in [3.63, 3.8) is 0 Å². The van der Waals surface area contributed by atoms with Crippen molar-refractivity contribution in [2.75, 3.05) is 19.6 Å². The molecule has 2 aliphatic heterocycles. The van der Waals surface area contributed by atoms with Crippen molar-refractivity contribution in [1.29, 1.82) is 0 Å². The van der Waals surface area contributed by atoms with Crippen LogP contribution in [0, 0.1) is 0 Å². The smallest absolute Gasteiger partial charge is 0.100 e. The molecule has 1 atom stereocenters. The molecule has 66 valence electrons. The quantitative estimate of drug-likeness (QED) is 0.559. The summed E-state index contributed by atoms with van der Waals surface area (Å²) < 4.78 is 1.11. The lowest BCUT2D eigenvalue weighted by Gasteiger charge is -2.22. The standard InChI is InChI=1S/C8H12BrN3/c9-7-3-6-4-10-1-2-11-8(6)12-5-7/h3,5,8,10-12H,1-2,4H2. The number of hydrogen-bond donors (Lipinski definition) is 3. The van der Waals surface area contributed by atoms with E-state index in [2.05, 4.69) is 38.0 Å². The molecule has 0 radical (unpaired) electrons. The van der Waals surface area contributed by atoms with E-state index in [0.29, 0.717) is 6.17 Å². The first-order valence-electron chi connectivity index (χ1n) is 4.12. The zero-order chi connectivity index (χ0) is 8.39. The number of allylic oxidation sites excluding steroid dienone is 2. The highest BCUT2D eigenvalue weighted by Crippen LogP contribution is 2.15. The molecule has 3 N–H and O–H groups in total. The normalized spacial score (nSPS) is 29.2. The summed E-state index contributed by atoms with van der Waals surface area (Å²) in [5, 5.41) is 10.0. The second-order valence-electron chi connectivity index (χ2n) is 2.98. The van der Waals surface area contributed by atoms with Gasteiger partial charge in [-0.3, -0.25) is 5.32 Å². The molecular formula is C8H12BrN3. The highest BCUT2D eigenvalue weighted by Gasteiger charge is 2.17. The molecule has 0 bridgehead atoms. The maximum atomic E-state index is 3.44. The summed E-state index contributed by atoms with van der Waals surface area (Å²) >= 11 is 3.44. The largest absolute Gasteiger partial charge is 0.371 e. The van der Waals surface area contributed by atoms with Crippen LogP contribution in [0.4, 0.5) is 0 Å². The summed E-state index contributed by atoms with van der Waals surface area (Å²) in [5.74, 6) is 0. The lowest BCUT2D eigenvalue weighted by Crippen LogP contribution is -2.42. The molecule has 2 heterocycles. The monoisotopic (exact) mass is 229 g/mol. The minimum absolute atomic E-state index is 0.321. The highest BCUT2D eigenvalue weighted by molar-refractivity contribution is 9.11. The number of fused-ring (bicyclic) bond motifs is 1. The SMILES string of the molecule is BrC1=CNC2NCCNCC2=C1. The van der Waals surface area contributed by atoms with Crippen molar-refractivity contribution in [3.05, 3.63) is 22.3 Å². The molecule has 0 aromatic heterocycles. The Hall–Kier alpha value is -0.320. The molecule has 4 heteroatoms. The second-order valence-corrected chi connectivity index (χ2v) is 3.89. The van der Waals surface area contributed by atoms with E-state index >= 15 is 0 Å². The fourth-order valence-electron chi connectivity index (χ4n) is 1.45. The number of dihydropyridines is 1. The Morgan fingerprint density at radius 3 is 3.25 bits per heavy atom. The molecule has 0 aliphatic carbocycles. The van der Waals surface area contributed by atoms with Crippen molar-refractivity contribution in [2.45, 2.75) is 6.17 Å². The van der Waals surface area contributed by atoms with Gasteiger partial charge in [-0.15, -0.1) is 0 Å². The third-order valence-corrected chi connectivity index (χ3v) is 2.52. The molecule has 2 rings (SSSR count). The average molecular weight is 230 g/mol. The Morgan fingerprint density at radius 1 is 1.42 bits per heavy atom. The first-order chi connectivity index (χ1) is 5.86. The van der Waals surface area contributed by atoms with E-state index in [1.165, 1.54) is 5.57 Å². The van der Waals surface area contributed by atoms with E-state index < -0.39 is 0 Å². The zero-order valence-corrected chi connectivity index (χ0v) is 8.32. The summed E-state index contributed by atoms with van der Waals surface area (Å²) in [7, 11) is 0. The van der Waals surface area contributed by atoms with Crippen molar-refractivity contribution in [1.82, 2.24) is 16.0 Å². The zero-order valence-electron chi connectivity index (χ0n) is 6.73. The molecule has 0 aromatic carbocycles. The minimum Gasteiger partial charge on any atom is -0.371 e. The molecule has 0 saturated carbocycles. The molecule has 3 nitrogen and oxygen atoms in total. The van der Waals surface area contributed by atoms with E-state index in [1.54, 1.807) is 0 Å². The van der Waals surface area contributed by atoms with E-state index in [0.717, 1.165) is 24.1 Å². The molecule has 0 aromatic rings. The summed E-state index contributed by atoms with van der Waals surface area (Å²) in [4.78, 5) is 0. The predicted molar refractivity (Wildman–Crippen MR) is 52.9 cm³/mol. The average Bonchev–Trinajstić information content (AvgIpc) is 2.28. The van der Waals surface area contributed by atoms with Crippen molar-refractivity contribution >= 4 is 15.9 Å². The molecule has 1 unspecified atom stereocenters. The van der Waals surface area contributed by atoms with Gasteiger partial charge in [0.1, 0.15) is 6.17 Å². The van der Waals surface area contributed by atoms with Gasteiger partial charge in [0.2, 0.25) is 0 Å². The van der Waals surface area contributed by atoms with Gasteiger partial charge < -0.3 is 10.6 Å². The van der Waals surface area contributed by atoms with E-state index in [9.17, 15) is 0 Å². The van der Waals surface area contributed by atoms with Crippen LogP contribution >= 0.6 is 15.9 Å². The summed E-state index contributed by atoms with van der Waals surface area (Å²) in [6, 6.07) is 0.